The van der Waals surface area contributed by atoms with Gasteiger partial charge in [-0.3, -0.25) is 4.79 Å². The van der Waals surface area contributed by atoms with Crippen LogP contribution in [0.3, 0.4) is 0 Å². The minimum Gasteiger partial charge on any atom is -0.469 e. The summed E-state index contributed by atoms with van der Waals surface area (Å²) >= 11 is 4.29. The van der Waals surface area contributed by atoms with E-state index in [0.717, 1.165) is 25.3 Å². The number of rotatable bonds is 3. The number of nitrogens with zero attached hydrogens (tertiary/aromatic N) is 1. The van der Waals surface area contributed by atoms with Crippen molar-refractivity contribution < 1.29 is 9.21 Å². The molecule has 0 saturated carbocycles. The first-order valence-electron chi connectivity index (χ1n) is 4.74. The van der Waals surface area contributed by atoms with E-state index in [1.54, 1.807) is 6.26 Å². The number of hydrogen-bond donors (Lipinski definition) is 1. The number of thiol groups is 1. The first kappa shape index (κ1) is 9.65. The second-order valence-corrected chi connectivity index (χ2v) is 4.26. The Morgan fingerprint density at radius 1 is 1.64 bits per heavy atom. The molecule has 14 heavy (non-hydrogen) atoms. The highest BCUT2D eigenvalue weighted by atomic mass is 32.1. The van der Waals surface area contributed by atoms with E-state index in [0.29, 0.717) is 6.42 Å². The summed E-state index contributed by atoms with van der Waals surface area (Å²) in [5.74, 6) is 1.14. The SMILES string of the molecule is O=C1CC(S)CN1CCc1ccco1. The molecule has 1 saturated heterocycles. The van der Waals surface area contributed by atoms with Crippen LogP contribution < -0.4 is 0 Å². The van der Waals surface area contributed by atoms with Gasteiger partial charge < -0.3 is 9.32 Å². The highest BCUT2D eigenvalue weighted by Gasteiger charge is 2.26. The van der Waals surface area contributed by atoms with Crippen molar-refractivity contribution in [1.29, 1.82) is 0 Å². The molecule has 1 unspecified atom stereocenters. The maximum Gasteiger partial charge on any atom is 0.223 e. The van der Waals surface area contributed by atoms with Crippen molar-refractivity contribution in [3.8, 4) is 0 Å². The third kappa shape index (κ3) is 2.12. The monoisotopic (exact) mass is 211 g/mol. The van der Waals surface area contributed by atoms with Gasteiger partial charge in [0.15, 0.2) is 0 Å². The summed E-state index contributed by atoms with van der Waals surface area (Å²) in [7, 11) is 0. The summed E-state index contributed by atoms with van der Waals surface area (Å²) in [4.78, 5) is 13.2. The Labute approximate surface area is 88.5 Å². The molecule has 1 aliphatic rings. The molecule has 0 spiro atoms. The predicted molar refractivity (Wildman–Crippen MR) is 56.4 cm³/mol. The lowest BCUT2D eigenvalue weighted by molar-refractivity contribution is -0.127. The number of amides is 1. The second-order valence-electron chi connectivity index (χ2n) is 3.53. The van der Waals surface area contributed by atoms with Gasteiger partial charge in [-0.25, -0.2) is 0 Å². The van der Waals surface area contributed by atoms with Crippen molar-refractivity contribution in [2.75, 3.05) is 13.1 Å². The summed E-state index contributed by atoms with van der Waals surface area (Å²) < 4.78 is 5.20. The van der Waals surface area contributed by atoms with Gasteiger partial charge in [-0.2, -0.15) is 12.6 Å². The van der Waals surface area contributed by atoms with Gasteiger partial charge in [0.25, 0.3) is 0 Å². The standard InChI is InChI=1S/C10H13NO2S/c12-10-6-9(14)7-11(10)4-3-8-2-1-5-13-8/h1-2,5,9,14H,3-4,6-7H2. The van der Waals surface area contributed by atoms with Crippen LogP contribution in [-0.4, -0.2) is 29.1 Å². The molecule has 2 rings (SSSR count). The first-order chi connectivity index (χ1) is 6.75. The van der Waals surface area contributed by atoms with Gasteiger partial charge in [-0.15, -0.1) is 0 Å². The molecule has 76 valence electrons. The predicted octanol–water partition coefficient (Wildman–Crippen LogP) is 1.35. The number of carbonyl (C=O) groups excluding carboxylic acids is 1. The first-order valence-corrected chi connectivity index (χ1v) is 5.25. The van der Waals surface area contributed by atoms with Crippen LogP contribution in [0.25, 0.3) is 0 Å². The topological polar surface area (TPSA) is 33.5 Å². The highest BCUT2D eigenvalue weighted by molar-refractivity contribution is 7.81. The molecule has 2 heterocycles. The van der Waals surface area contributed by atoms with E-state index in [-0.39, 0.29) is 11.2 Å². The minimum atomic E-state index is 0.205. The Kier molecular flexibility index (Phi) is 2.82. The van der Waals surface area contributed by atoms with Crippen LogP contribution in [0.2, 0.25) is 0 Å². The number of furan rings is 1. The number of carbonyl (C=O) groups is 1. The quantitative estimate of drug-likeness (QED) is 0.766. The van der Waals surface area contributed by atoms with Crippen molar-refractivity contribution in [3.05, 3.63) is 24.2 Å². The molecule has 1 atom stereocenters. The zero-order chi connectivity index (χ0) is 9.97. The van der Waals surface area contributed by atoms with Crippen LogP contribution in [-0.2, 0) is 11.2 Å². The maximum absolute atomic E-state index is 11.4. The molecule has 1 aromatic rings. The van der Waals surface area contributed by atoms with Gasteiger partial charge in [0.2, 0.25) is 5.91 Å². The van der Waals surface area contributed by atoms with E-state index in [4.69, 9.17) is 4.42 Å². The lowest BCUT2D eigenvalue weighted by Crippen LogP contribution is -2.27. The fourth-order valence-corrected chi connectivity index (χ4v) is 2.02. The molecule has 0 N–H and O–H groups in total. The van der Waals surface area contributed by atoms with Gasteiger partial charge >= 0.3 is 0 Å². The Bertz CT molecular complexity index is 310. The molecule has 0 radical (unpaired) electrons. The molecule has 0 bridgehead atoms. The largest absolute Gasteiger partial charge is 0.469 e. The molecule has 1 aliphatic heterocycles. The third-order valence-corrected chi connectivity index (χ3v) is 2.75. The van der Waals surface area contributed by atoms with E-state index in [1.165, 1.54) is 0 Å². The average molecular weight is 211 g/mol. The lowest BCUT2D eigenvalue weighted by Gasteiger charge is -2.14. The lowest BCUT2D eigenvalue weighted by atomic mass is 10.3. The van der Waals surface area contributed by atoms with Gasteiger partial charge in [0, 0.05) is 31.2 Å². The van der Waals surface area contributed by atoms with Crippen molar-refractivity contribution >= 4 is 18.5 Å². The molecule has 4 heteroatoms. The minimum absolute atomic E-state index is 0.205. The van der Waals surface area contributed by atoms with Crippen LogP contribution in [0.15, 0.2) is 22.8 Å². The van der Waals surface area contributed by atoms with Crippen molar-refractivity contribution in [3.63, 3.8) is 0 Å². The molecule has 1 fully saturated rings. The summed E-state index contributed by atoms with van der Waals surface area (Å²) in [6.45, 7) is 1.51. The Balaban J connectivity index is 1.84. The average Bonchev–Trinajstić information content (AvgIpc) is 2.72. The number of hydrogen-bond acceptors (Lipinski definition) is 3. The molecular weight excluding hydrogens is 198 g/mol. The zero-order valence-corrected chi connectivity index (χ0v) is 8.74. The van der Waals surface area contributed by atoms with Crippen LogP contribution in [0.4, 0.5) is 0 Å². The fraction of sp³-hybridized carbons (Fsp3) is 0.500. The normalized spacial score (nSPS) is 21.9. The van der Waals surface area contributed by atoms with Crippen LogP contribution in [0.5, 0.6) is 0 Å². The third-order valence-electron chi connectivity index (χ3n) is 2.40. The molecule has 3 nitrogen and oxygen atoms in total. The van der Waals surface area contributed by atoms with E-state index >= 15 is 0 Å². The Hall–Kier alpha value is -0.900. The van der Waals surface area contributed by atoms with Crippen LogP contribution >= 0.6 is 12.6 Å². The highest BCUT2D eigenvalue weighted by Crippen LogP contribution is 2.16. The summed E-state index contributed by atoms with van der Waals surface area (Å²) in [5, 5.41) is 0.208. The summed E-state index contributed by atoms with van der Waals surface area (Å²) in [6.07, 6.45) is 3.02. The maximum atomic E-state index is 11.4. The molecule has 0 aliphatic carbocycles. The smallest absolute Gasteiger partial charge is 0.223 e. The van der Waals surface area contributed by atoms with Crippen LogP contribution in [0, 0.1) is 0 Å². The molecular formula is C10H13NO2S. The number of likely N-dealkylation sites (tertiary alicyclic amines) is 1. The van der Waals surface area contributed by atoms with E-state index in [2.05, 4.69) is 12.6 Å². The Morgan fingerprint density at radius 2 is 2.50 bits per heavy atom. The van der Waals surface area contributed by atoms with Crippen molar-refractivity contribution in [2.45, 2.75) is 18.1 Å². The molecule has 1 aromatic heterocycles. The molecule has 1 amide bonds. The van der Waals surface area contributed by atoms with Gasteiger partial charge in [0.1, 0.15) is 5.76 Å². The van der Waals surface area contributed by atoms with E-state index < -0.39 is 0 Å². The molecule has 0 aromatic carbocycles. The van der Waals surface area contributed by atoms with Crippen molar-refractivity contribution in [2.24, 2.45) is 0 Å². The van der Waals surface area contributed by atoms with Gasteiger partial charge in [0.05, 0.1) is 6.26 Å². The zero-order valence-electron chi connectivity index (χ0n) is 7.85. The van der Waals surface area contributed by atoms with Gasteiger partial charge in [-0.1, -0.05) is 0 Å². The van der Waals surface area contributed by atoms with Gasteiger partial charge in [-0.05, 0) is 12.1 Å². The van der Waals surface area contributed by atoms with Crippen LogP contribution in [0.1, 0.15) is 12.2 Å². The fourth-order valence-electron chi connectivity index (χ4n) is 1.67. The Morgan fingerprint density at radius 3 is 3.07 bits per heavy atom. The van der Waals surface area contributed by atoms with Crippen molar-refractivity contribution in [1.82, 2.24) is 4.90 Å². The second kappa shape index (κ2) is 4.09. The summed E-state index contributed by atoms with van der Waals surface area (Å²) in [6, 6.07) is 3.79. The van der Waals surface area contributed by atoms with E-state index in [9.17, 15) is 4.79 Å². The summed E-state index contributed by atoms with van der Waals surface area (Å²) in [5.41, 5.74) is 0. The van der Waals surface area contributed by atoms with E-state index in [1.807, 2.05) is 17.0 Å².